The third kappa shape index (κ3) is 5.78. The fourth-order valence-electron chi connectivity index (χ4n) is 4.20. The van der Waals surface area contributed by atoms with Crippen LogP contribution in [0.25, 0.3) is 11.1 Å². The number of hydrogen-bond donors (Lipinski definition) is 6. The zero-order chi connectivity index (χ0) is 26.5. The summed E-state index contributed by atoms with van der Waals surface area (Å²) in [6.45, 7) is 6.44. The normalized spacial score (nSPS) is 14.3. The second kappa shape index (κ2) is 11.0. The second-order valence-electron chi connectivity index (χ2n) is 8.82. The third-order valence-electron chi connectivity index (χ3n) is 6.16. The van der Waals surface area contributed by atoms with E-state index < -0.39 is 0 Å². The van der Waals surface area contributed by atoms with Crippen molar-refractivity contribution in [2.45, 2.75) is 12.6 Å². The highest BCUT2D eigenvalue weighted by Gasteiger charge is 2.29. The summed E-state index contributed by atoms with van der Waals surface area (Å²) in [6.07, 6.45) is 5.42. The number of nitrogens with two attached hydrogens (primary N) is 4. The van der Waals surface area contributed by atoms with Gasteiger partial charge in [0.1, 0.15) is 11.6 Å². The summed E-state index contributed by atoms with van der Waals surface area (Å²) in [6, 6.07) is 11.8. The minimum absolute atomic E-state index is 0.104. The Morgan fingerprint density at radius 3 is 2.62 bits per heavy atom. The van der Waals surface area contributed by atoms with E-state index in [0.29, 0.717) is 34.3 Å². The molecule has 3 heterocycles. The molecule has 1 aliphatic heterocycles. The van der Waals surface area contributed by atoms with E-state index in [-0.39, 0.29) is 11.9 Å². The molecule has 1 aromatic carbocycles. The van der Waals surface area contributed by atoms with Gasteiger partial charge in [-0.2, -0.15) is 5.10 Å². The zero-order valence-corrected chi connectivity index (χ0v) is 21.1. The summed E-state index contributed by atoms with van der Waals surface area (Å²) < 4.78 is 7.79. The Labute approximate surface area is 216 Å². The summed E-state index contributed by atoms with van der Waals surface area (Å²) in [5.41, 5.74) is 28.4. The number of aromatic nitrogens is 3. The van der Waals surface area contributed by atoms with E-state index in [4.69, 9.17) is 27.7 Å². The third-order valence-corrected chi connectivity index (χ3v) is 6.16. The van der Waals surface area contributed by atoms with E-state index in [1.807, 2.05) is 47.4 Å². The minimum atomic E-state index is 0.104. The maximum atomic E-state index is 6.27. The average Bonchev–Trinajstić information content (AvgIpc) is 3.33. The molecule has 1 saturated heterocycles. The number of benzene rings is 1. The first-order chi connectivity index (χ1) is 17.8. The molecule has 11 nitrogen and oxygen atoms in total. The summed E-state index contributed by atoms with van der Waals surface area (Å²) >= 11 is 0. The van der Waals surface area contributed by atoms with Crippen molar-refractivity contribution >= 4 is 11.5 Å². The van der Waals surface area contributed by atoms with Crippen molar-refractivity contribution < 1.29 is 4.74 Å². The van der Waals surface area contributed by atoms with Gasteiger partial charge in [0.15, 0.2) is 0 Å². The van der Waals surface area contributed by atoms with Gasteiger partial charge in [0.25, 0.3) is 0 Å². The van der Waals surface area contributed by atoms with E-state index in [1.165, 1.54) is 0 Å². The molecule has 37 heavy (non-hydrogen) atoms. The van der Waals surface area contributed by atoms with Gasteiger partial charge < -0.3 is 38.3 Å². The highest BCUT2D eigenvalue weighted by atomic mass is 16.5. The van der Waals surface area contributed by atoms with Crippen LogP contribution < -0.4 is 38.3 Å². The Hall–Kier alpha value is -4.64. The lowest BCUT2D eigenvalue weighted by molar-refractivity contribution is 0.0896. The first-order valence-electron chi connectivity index (χ1n) is 11.8. The van der Waals surface area contributed by atoms with Gasteiger partial charge in [-0.3, -0.25) is 9.58 Å². The molecule has 3 aromatic rings. The van der Waals surface area contributed by atoms with Gasteiger partial charge in [-0.25, -0.2) is 4.98 Å². The maximum absolute atomic E-state index is 6.27. The van der Waals surface area contributed by atoms with Crippen molar-refractivity contribution in [1.82, 2.24) is 25.0 Å². The number of pyridine rings is 1. The Morgan fingerprint density at radius 2 is 1.95 bits per heavy atom. The number of likely N-dealkylation sites (tertiary alicyclic amines) is 1. The van der Waals surface area contributed by atoms with Gasteiger partial charge in [0.2, 0.25) is 0 Å². The predicted molar refractivity (Wildman–Crippen MR) is 147 cm³/mol. The monoisotopic (exact) mass is 502 g/mol. The Morgan fingerprint density at radius 1 is 1.19 bits per heavy atom. The van der Waals surface area contributed by atoms with Gasteiger partial charge in [-0.05, 0) is 18.2 Å². The highest BCUT2D eigenvalue weighted by molar-refractivity contribution is 5.79. The lowest BCUT2D eigenvalue weighted by Gasteiger charge is -2.39. The van der Waals surface area contributed by atoms with Crippen LogP contribution in [0.15, 0.2) is 84.4 Å². The molecule has 0 atom stereocenters. The molecule has 0 radical (unpaired) electrons. The molecule has 0 amide bonds. The Bertz CT molecular complexity index is 1330. The molecule has 0 bridgehead atoms. The van der Waals surface area contributed by atoms with Crippen molar-refractivity contribution in [2.24, 2.45) is 17.2 Å². The summed E-state index contributed by atoms with van der Waals surface area (Å²) in [4.78, 5) is 6.69. The molecule has 194 valence electrons. The van der Waals surface area contributed by atoms with Gasteiger partial charge in [-0.1, -0.05) is 24.8 Å². The quantitative estimate of drug-likeness (QED) is 0.224. The van der Waals surface area contributed by atoms with Crippen LogP contribution in [0, 0.1) is 0 Å². The molecule has 1 fully saturated rings. The van der Waals surface area contributed by atoms with Crippen molar-refractivity contribution in [3.05, 3.63) is 90.1 Å². The molecule has 10 N–H and O–H groups in total. The van der Waals surface area contributed by atoms with E-state index in [0.717, 1.165) is 36.5 Å². The molecule has 0 aliphatic carbocycles. The van der Waals surface area contributed by atoms with Crippen LogP contribution in [0.4, 0.5) is 11.5 Å². The molecular formula is C26H34N10O. The van der Waals surface area contributed by atoms with Crippen LogP contribution in [0.3, 0.4) is 0 Å². The first kappa shape index (κ1) is 25.5. The average molecular weight is 503 g/mol. The number of anilines is 2. The number of para-hydroxylation sites is 1. The van der Waals surface area contributed by atoms with Crippen LogP contribution in [0.5, 0.6) is 5.75 Å². The van der Waals surface area contributed by atoms with E-state index >= 15 is 0 Å². The topological polar surface area (TPSA) is 171 Å². The Balaban J connectivity index is 1.52. The predicted octanol–water partition coefficient (Wildman–Crippen LogP) is 1.67. The first-order valence-corrected chi connectivity index (χ1v) is 11.8. The van der Waals surface area contributed by atoms with E-state index in [9.17, 15) is 0 Å². The summed E-state index contributed by atoms with van der Waals surface area (Å²) in [5.74, 6) is 1.28. The van der Waals surface area contributed by atoms with Crippen LogP contribution in [-0.4, -0.2) is 46.9 Å². The largest absolute Gasteiger partial charge is 0.494 e. The molecule has 0 unspecified atom stereocenters. The van der Waals surface area contributed by atoms with Crippen LogP contribution in [-0.2, 0) is 6.54 Å². The fraction of sp³-hybridized carbons (Fsp3) is 0.231. The lowest BCUT2D eigenvalue weighted by atomic mass is 10.1. The second-order valence-corrected chi connectivity index (χ2v) is 8.82. The number of nitrogens with zero attached hydrogens (tertiary/aromatic N) is 4. The number of methoxy groups -OCH3 is 1. The van der Waals surface area contributed by atoms with Gasteiger partial charge >= 0.3 is 0 Å². The Kier molecular flexibility index (Phi) is 7.54. The maximum Gasteiger partial charge on any atom is 0.150 e. The number of nitrogens with one attached hydrogen (secondary N) is 2. The summed E-state index contributed by atoms with van der Waals surface area (Å²) in [5, 5.41) is 10.8. The molecule has 1 aliphatic rings. The molecule has 0 spiro atoms. The van der Waals surface area contributed by atoms with E-state index in [1.54, 1.807) is 26.3 Å². The number of likely N-dealkylation sites (N-methyl/N-ethyl adjacent to an activating group) is 1. The molecular weight excluding hydrogens is 468 g/mol. The number of rotatable bonds is 10. The van der Waals surface area contributed by atoms with Crippen LogP contribution in [0.1, 0.15) is 11.7 Å². The number of ether oxygens (including phenoxy) is 1. The standard InChI is InChI=1S/C26H34N10O/c1-16(31-2)25(30)22(10-23(27)28)34-21-8-5-7-20(26(21)37-3)17-11-32-36(12-17)19-14-35(15-19)13-18-6-4-9-24(29)33-18/h4-12,19,31,34H,1,13-15,27-28,30H2,2-3H3,(H2,29,33)/b25-22+. The van der Waals surface area contributed by atoms with Crippen molar-refractivity contribution in [2.75, 3.05) is 38.3 Å². The lowest BCUT2D eigenvalue weighted by Crippen LogP contribution is -2.47. The van der Waals surface area contributed by atoms with Crippen molar-refractivity contribution in [1.29, 1.82) is 0 Å². The number of nitrogen functional groups attached to an aromatic ring is 1. The van der Waals surface area contributed by atoms with Gasteiger partial charge in [0.05, 0.1) is 53.6 Å². The number of allylic oxidation sites excluding steroid dienone is 1. The van der Waals surface area contributed by atoms with Crippen molar-refractivity contribution in [3.63, 3.8) is 0 Å². The molecule has 2 aromatic heterocycles. The van der Waals surface area contributed by atoms with Gasteiger partial charge in [-0.15, -0.1) is 0 Å². The van der Waals surface area contributed by atoms with Crippen LogP contribution >= 0.6 is 0 Å². The fourth-order valence-corrected chi connectivity index (χ4v) is 4.20. The molecule has 11 heteroatoms. The summed E-state index contributed by atoms with van der Waals surface area (Å²) in [7, 11) is 3.35. The zero-order valence-electron chi connectivity index (χ0n) is 21.1. The molecule has 0 saturated carbocycles. The molecule has 4 rings (SSSR count). The SMILES string of the molecule is C=C(NC)/C(N)=C(/C=C(N)N)Nc1cccc(-c2cnn(C3CN(Cc4cccc(N)n4)C3)c2)c1OC. The number of hydrogen-bond acceptors (Lipinski definition) is 10. The van der Waals surface area contributed by atoms with Crippen LogP contribution in [0.2, 0.25) is 0 Å². The smallest absolute Gasteiger partial charge is 0.150 e. The van der Waals surface area contributed by atoms with Crippen molar-refractivity contribution in [3.8, 4) is 16.9 Å². The van der Waals surface area contributed by atoms with E-state index in [2.05, 4.69) is 32.2 Å². The highest BCUT2D eigenvalue weighted by Crippen LogP contribution is 2.38. The minimum Gasteiger partial charge on any atom is -0.494 e. The van der Waals surface area contributed by atoms with Gasteiger partial charge in [0, 0.05) is 50.1 Å².